The third-order valence-electron chi connectivity index (χ3n) is 3.02. The van der Waals surface area contributed by atoms with E-state index in [0.717, 1.165) is 23.3 Å². The normalized spacial score (nSPS) is 11.2. The Balaban J connectivity index is 2.44. The van der Waals surface area contributed by atoms with E-state index in [2.05, 4.69) is 4.72 Å². The second kappa shape index (κ2) is 5.73. The third kappa shape index (κ3) is 3.33. The van der Waals surface area contributed by atoms with Crippen molar-refractivity contribution in [1.82, 2.24) is 0 Å². The molecule has 4 nitrogen and oxygen atoms in total. The number of sulfonamides is 1. The molecule has 0 saturated carbocycles. The van der Waals surface area contributed by atoms with Crippen molar-refractivity contribution in [3.8, 4) is 5.75 Å². The van der Waals surface area contributed by atoms with E-state index in [1.165, 1.54) is 19.2 Å². The second-order valence-electron chi connectivity index (χ2n) is 4.72. The van der Waals surface area contributed by atoms with Gasteiger partial charge in [0.15, 0.2) is 0 Å². The highest BCUT2D eigenvalue weighted by atomic mass is 32.2. The van der Waals surface area contributed by atoms with Gasteiger partial charge in [0.05, 0.1) is 17.7 Å². The van der Waals surface area contributed by atoms with E-state index in [4.69, 9.17) is 4.74 Å². The quantitative estimate of drug-likeness (QED) is 0.943. The fourth-order valence-corrected chi connectivity index (χ4v) is 3.17. The summed E-state index contributed by atoms with van der Waals surface area (Å²) in [4.78, 5) is -0.00840. The Bertz CT molecular complexity index is 755. The van der Waals surface area contributed by atoms with Crippen molar-refractivity contribution in [1.29, 1.82) is 0 Å². The number of nitrogens with one attached hydrogen (secondary N) is 1. The average molecular weight is 309 g/mol. The Kier molecular flexibility index (Phi) is 4.18. The van der Waals surface area contributed by atoms with Crippen molar-refractivity contribution >= 4 is 15.7 Å². The highest BCUT2D eigenvalue weighted by Gasteiger charge is 2.18. The number of halogens is 1. The summed E-state index contributed by atoms with van der Waals surface area (Å²) in [5, 5.41) is 0. The molecule has 0 bridgehead atoms. The molecule has 0 fully saturated rings. The Morgan fingerprint density at radius 2 is 1.71 bits per heavy atom. The van der Waals surface area contributed by atoms with Gasteiger partial charge < -0.3 is 4.74 Å². The molecule has 0 heterocycles. The SMILES string of the molecule is COc1cc(C)cc(C)c1NS(=O)(=O)c1ccc(F)cc1. The van der Waals surface area contributed by atoms with Gasteiger partial charge in [0.25, 0.3) is 10.0 Å². The Labute approximate surface area is 123 Å². The minimum absolute atomic E-state index is 0.00840. The van der Waals surface area contributed by atoms with Gasteiger partial charge in [0.1, 0.15) is 11.6 Å². The summed E-state index contributed by atoms with van der Waals surface area (Å²) in [7, 11) is -2.32. The van der Waals surface area contributed by atoms with Crippen LogP contribution in [0.25, 0.3) is 0 Å². The van der Waals surface area contributed by atoms with E-state index < -0.39 is 15.8 Å². The maximum atomic E-state index is 12.9. The largest absolute Gasteiger partial charge is 0.495 e. The minimum Gasteiger partial charge on any atom is -0.495 e. The highest BCUT2D eigenvalue weighted by Crippen LogP contribution is 2.31. The van der Waals surface area contributed by atoms with Gasteiger partial charge in [-0.2, -0.15) is 0 Å². The molecular weight excluding hydrogens is 293 g/mol. The van der Waals surface area contributed by atoms with Gasteiger partial charge in [0.2, 0.25) is 0 Å². The van der Waals surface area contributed by atoms with E-state index in [1.807, 2.05) is 13.0 Å². The third-order valence-corrected chi connectivity index (χ3v) is 4.39. The number of benzene rings is 2. The van der Waals surface area contributed by atoms with Gasteiger partial charge >= 0.3 is 0 Å². The minimum atomic E-state index is -3.79. The molecule has 0 aromatic heterocycles. The van der Waals surface area contributed by atoms with Crippen LogP contribution >= 0.6 is 0 Å². The number of rotatable bonds is 4. The lowest BCUT2D eigenvalue weighted by Crippen LogP contribution is -2.14. The van der Waals surface area contributed by atoms with Crippen LogP contribution in [0, 0.1) is 19.7 Å². The van der Waals surface area contributed by atoms with Gasteiger partial charge in [-0.05, 0) is 55.3 Å². The highest BCUT2D eigenvalue weighted by molar-refractivity contribution is 7.92. The standard InChI is InChI=1S/C15H16FNO3S/c1-10-8-11(2)15(14(9-10)20-3)17-21(18,19)13-6-4-12(16)5-7-13/h4-9,17H,1-3H3. The van der Waals surface area contributed by atoms with Crippen LogP contribution in [0.1, 0.15) is 11.1 Å². The summed E-state index contributed by atoms with van der Waals surface area (Å²) in [6.07, 6.45) is 0. The van der Waals surface area contributed by atoms with Gasteiger partial charge in [-0.15, -0.1) is 0 Å². The molecule has 0 spiro atoms. The number of hydrogen-bond acceptors (Lipinski definition) is 3. The molecule has 0 aliphatic heterocycles. The number of anilines is 1. The number of aryl methyl sites for hydroxylation is 2. The number of hydrogen-bond donors (Lipinski definition) is 1. The van der Waals surface area contributed by atoms with Gasteiger partial charge in [0, 0.05) is 0 Å². The van der Waals surface area contributed by atoms with Crippen molar-refractivity contribution in [2.45, 2.75) is 18.7 Å². The zero-order chi connectivity index (χ0) is 15.6. The first kappa shape index (κ1) is 15.3. The average Bonchev–Trinajstić information content (AvgIpc) is 2.42. The van der Waals surface area contributed by atoms with E-state index in [-0.39, 0.29) is 4.90 Å². The van der Waals surface area contributed by atoms with E-state index in [9.17, 15) is 12.8 Å². The van der Waals surface area contributed by atoms with Crippen molar-refractivity contribution in [2.75, 3.05) is 11.8 Å². The van der Waals surface area contributed by atoms with Crippen LogP contribution in [0.3, 0.4) is 0 Å². The Hall–Kier alpha value is -2.08. The number of ether oxygens (including phenoxy) is 1. The molecule has 2 aromatic carbocycles. The van der Waals surface area contributed by atoms with Crippen LogP contribution in [-0.2, 0) is 10.0 Å². The summed E-state index contributed by atoms with van der Waals surface area (Å²) in [6, 6.07) is 8.24. The van der Waals surface area contributed by atoms with Crippen LogP contribution in [-0.4, -0.2) is 15.5 Å². The van der Waals surface area contributed by atoms with Crippen LogP contribution in [0.5, 0.6) is 5.75 Å². The summed E-state index contributed by atoms with van der Waals surface area (Å²) in [5.74, 6) is -0.0452. The molecule has 0 aliphatic carbocycles. The van der Waals surface area contributed by atoms with Crippen molar-refractivity contribution in [3.63, 3.8) is 0 Å². The fraction of sp³-hybridized carbons (Fsp3) is 0.200. The Morgan fingerprint density at radius 3 is 2.29 bits per heavy atom. The topological polar surface area (TPSA) is 55.4 Å². The summed E-state index contributed by atoms with van der Waals surface area (Å²) in [5.41, 5.74) is 2.10. The maximum absolute atomic E-state index is 12.9. The molecule has 6 heteroatoms. The molecule has 0 amide bonds. The molecule has 0 saturated heterocycles. The van der Waals surface area contributed by atoms with Gasteiger partial charge in [-0.25, -0.2) is 12.8 Å². The molecular formula is C15H16FNO3S. The molecule has 0 atom stereocenters. The van der Waals surface area contributed by atoms with Crippen LogP contribution in [0.2, 0.25) is 0 Å². The van der Waals surface area contributed by atoms with Crippen LogP contribution in [0.15, 0.2) is 41.3 Å². The summed E-state index contributed by atoms with van der Waals surface area (Å²) in [6.45, 7) is 3.69. The summed E-state index contributed by atoms with van der Waals surface area (Å²) < 4.78 is 45.3. The van der Waals surface area contributed by atoms with E-state index in [1.54, 1.807) is 13.0 Å². The zero-order valence-corrected chi connectivity index (χ0v) is 12.8. The molecule has 0 aliphatic rings. The molecule has 112 valence electrons. The first-order valence-corrected chi connectivity index (χ1v) is 7.75. The number of methoxy groups -OCH3 is 1. The van der Waals surface area contributed by atoms with Crippen molar-refractivity contribution < 1.29 is 17.5 Å². The van der Waals surface area contributed by atoms with Crippen molar-refractivity contribution in [3.05, 3.63) is 53.3 Å². The first-order chi connectivity index (χ1) is 9.83. The first-order valence-electron chi connectivity index (χ1n) is 6.27. The van der Waals surface area contributed by atoms with E-state index in [0.29, 0.717) is 11.4 Å². The Morgan fingerprint density at radius 1 is 1.10 bits per heavy atom. The molecule has 2 rings (SSSR count). The monoisotopic (exact) mass is 309 g/mol. The molecule has 2 aromatic rings. The lowest BCUT2D eigenvalue weighted by Gasteiger charge is -2.15. The van der Waals surface area contributed by atoms with Crippen LogP contribution < -0.4 is 9.46 Å². The lowest BCUT2D eigenvalue weighted by atomic mass is 10.1. The zero-order valence-electron chi connectivity index (χ0n) is 12.0. The van der Waals surface area contributed by atoms with Gasteiger partial charge in [-0.1, -0.05) is 6.07 Å². The van der Waals surface area contributed by atoms with E-state index >= 15 is 0 Å². The summed E-state index contributed by atoms with van der Waals surface area (Å²) >= 11 is 0. The molecule has 21 heavy (non-hydrogen) atoms. The molecule has 0 radical (unpaired) electrons. The fourth-order valence-electron chi connectivity index (χ4n) is 2.03. The molecule has 0 unspecified atom stereocenters. The maximum Gasteiger partial charge on any atom is 0.262 e. The predicted molar refractivity (Wildman–Crippen MR) is 79.7 cm³/mol. The lowest BCUT2D eigenvalue weighted by molar-refractivity contribution is 0.416. The van der Waals surface area contributed by atoms with Gasteiger partial charge in [-0.3, -0.25) is 4.72 Å². The van der Waals surface area contributed by atoms with Crippen LogP contribution in [0.4, 0.5) is 10.1 Å². The molecule has 1 N–H and O–H groups in total. The predicted octanol–water partition coefficient (Wildman–Crippen LogP) is 3.25. The van der Waals surface area contributed by atoms with Crippen molar-refractivity contribution in [2.24, 2.45) is 0 Å². The second-order valence-corrected chi connectivity index (χ2v) is 6.40. The smallest absolute Gasteiger partial charge is 0.262 e.